The van der Waals surface area contributed by atoms with Gasteiger partial charge in [-0.1, -0.05) is 0 Å². The Morgan fingerprint density at radius 1 is 1.45 bits per heavy atom. The maximum atomic E-state index is 12.3. The minimum absolute atomic E-state index is 0.147. The number of nitrogens with zero attached hydrogens (tertiary/aromatic N) is 2. The molecule has 1 aromatic heterocycles. The average Bonchev–Trinajstić information content (AvgIpc) is 2.69. The summed E-state index contributed by atoms with van der Waals surface area (Å²) in [5.41, 5.74) is 2.21. The first-order chi connectivity index (χ1) is 9.29. The van der Waals surface area contributed by atoms with E-state index in [0.717, 1.165) is 11.4 Å². The largest absolute Gasteiger partial charge is 0.323 e. The molecular weight excluding hydrogens is 280 g/mol. The van der Waals surface area contributed by atoms with Crippen LogP contribution in [0.1, 0.15) is 24.2 Å². The van der Waals surface area contributed by atoms with Crippen LogP contribution in [0, 0.1) is 19.8 Å². The molecular formula is C12H20N4O3S. The molecule has 0 radical (unpaired) electrons. The van der Waals surface area contributed by atoms with E-state index in [0.29, 0.717) is 25.1 Å². The fraction of sp³-hybridized carbons (Fsp3) is 0.667. The van der Waals surface area contributed by atoms with Gasteiger partial charge in [-0.3, -0.25) is 9.89 Å². The predicted octanol–water partition coefficient (Wildman–Crippen LogP) is 0.637. The van der Waals surface area contributed by atoms with Crippen molar-refractivity contribution in [1.82, 2.24) is 14.5 Å². The van der Waals surface area contributed by atoms with Crippen LogP contribution < -0.4 is 5.32 Å². The lowest BCUT2D eigenvalue weighted by Gasteiger charge is -2.30. The average molecular weight is 300 g/mol. The summed E-state index contributed by atoms with van der Waals surface area (Å²) in [6.45, 7) is 4.38. The fourth-order valence-corrected chi connectivity index (χ4v) is 3.33. The number of piperidine rings is 1. The number of amides is 1. The van der Waals surface area contributed by atoms with Gasteiger partial charge >= 0.3 is 0 Å². The maximum absolute atomic E-state index is 12.3. The Labute approximate surface area is 118 Å². The predicted molar refractivity (Wildman–Crippen MR) is 75.8 cm³/mol. The van der Waals surface area contributed by atoms with E-state index in [9.17, 15) is 13.2 Å². The highest BCUT2D eigenvalue weighted by molar-refractivity contribution is 7.88. The Morgan fingerprint density at radius 2 is 2.15 bits per heavy atom. The van der Waals surface area contributed by atoms with E-state index in [1.165, 1.54) is 10.6 Å². The molecule has 1 fully saturated rings. The number of aromatic nitrogens is 2. The number of carbonyl (C=O) groups is 1. The van der Waals surface area contributed by atoms with Crippen molar-refractivity contribution in [2.45, 2.75) is 26.7 Å². The van der Waals surface area contributed by atoms with Crippen molar-refractivity contribution in [3.05, 3.63) is 11.4 Å². The zero-order valence-corrected chi connectivity index (χ0v) is 12.7. The molecule has 20 heavy (non-hydrogen) atoms. The highest BCUT2D eigenvalue weighted by atomic mass is 32.2. The van der Waals surface area contributed by atoms with E-state index in [-0.39, 0.29) is 18.4 Å². The number of hydrogen-bond donors (Lipinski definition) is 2. The second kappa shape index (κ2) is 5.53. The van der Waals surface area contributed by atoms with Crippen LogP contribution in [0.5, 0.6) is 0 Å². The number of nitrogens with one attached hydrogen (secondary N) is 2. The molecule has 0 saturated carbocycles. The summed E-state index contributed by atoms with van der Waals surface area (Å²) in [6.07, 6.45) is 2.58. The van der Waals surface area contributed by atoms with Crippen LogP contribution in [0.4, 0.5) is 5.69 Å². The van der Waals surface area contributed by atoms with Crippen LogP contribution in [0.3, 0.4) is 0 Å². The number of anilines is 1. The third-order valence-corrected chi connectivity index (χ3v) is 4.87. The maximum Gasteiger partial charge on any atom is 0.228 e. The lowest BCUT2D eigenvalue weighted by molar-refractivity contribution is -0.120. The number of aromatic amines is 1. The molecule has 0 spiro atoms. The van der Waals surface area contributed by atoms with Gasteiger partial charge in [-0.15, -0.1) is 0 Å². The number of rotatable bonds is 3. The van der Waals surface area contributed by atoms with E-state index >= 15 is 0 Å². The van der Waals surface area contributed by atoms with E-state index < -0.39 is 10.0 Å². The molecule has 1 atom stereocenters. The van der Waals surface area contributed by atoms with Crippen LogP contribution in [0.25, 0.3) is 0 Å². The highest BCUT2D eigenvalue weighted by Crippen LogP contribution is 2.22. The number of carbonyl (C=O) groups excluding carboxylic acids is 1. The van der Waals surface area contributed by atoms with Gasteiger partial charge in [0.15, 0.2) is 0 Å². The van der Waals surface area contributed by atoms with Gasteiger partial charge in [-0.2, -0.15) is 5.10 Å². The smallest absolute Gasteiger partial charge is 0.228 e. The third kappa shape index (κ3) is 3.18. The number of H-pyrrole nitrogens is 1. The van der Waals surface area contributed by atoms with Crippen molar-refractivity contribution < 1.29 is 13.2 Å². The summed E-state index contributed by atoms with van der Waals surface area (Å²) < 4.78 is 24.5. The van der Waals surface area contributed by atoms with Crippen LogP contribution in [0.15, 0.2) is 0 Å². The van der Waals surface area contributed by atoms with Gasteiger partial charge in [0.2, 0.25) is 15.9 Å². The van der Waals surface area contributed by atoms with Crippen LogP contribution >= 0.6 is 0 Å². The van der Waals surface area contributed by atoms with Crippen molar-refractivity contribution in [2.24, 2.45) is 5.92 Å². The lowest BCUT2D eigenvalue weighted by atomic mass is 9.98. The molecule has 2 rings (SSSR count). The molecule has 1 unspecified atom stereocenters. The zero-order valence-electron chi connectivity index (χ0n) is 11.9. The van der Waals surface area contributed by atoms with Crippen molar-refractivity contribution in [3.8, 4) is 0 Å². The van der Waals surface area contributed by atoms with Gasteiger partial charge in [-0.25, -0.2) is 12.7 Å². The summed E-state index contributed by atoms with van der Waals surface area (Å²) in [4.78, 5) is 12.3. The molecule has 112 valence electrons. The van der Waals surface area contributed by atoms with Crippen molar-refractivity contribution in [3.63, 3.8) is 0 Å². The molecule has 0 aromatic carbocycles. The van der Waals surface area contributed by atoms with Gasteiger partial charge in [0.05, 0.1) is 29.2 Å². The van der Waals surface area contributed by atoms with Crippen LogP contribution in [-0.2, 0) is 14.8 Å². The number of sulfonamides is 1. The zero-order chi connectivity index (χ0) is 14.9. The van der Waals surface area contributed by atoms with Gasteiger partial charge in [-0.05, 0) is 26.7 Å². The third-order valence-electron chi connectivity index (χ3n) is 3.60. The van der Waals surface area contributed by atoms with Crippen LogP contribution in [0.2, 0.25) is 0 Å². The van der Waals surface area contributed by atoms with Crippen molar-refractivity contribution >= 4 is 21.6 Å². The number of aryl methyl sites for hydroxylation is 2. The topological polar surface area (TPSA) is 95.2 Å². The molecule has 2 heterocycles. The van der Waals surface area contributed by atoms with E-state index in [1.54, 1.807) is 0 Å². The molecule has 0 bridgehead atoms. The minimum Gasteiger partial charge on any atom is -0.323 e. The quantitative estimate of drug-likeness (QED) is 0.856. The normalized spacial score (nSPS) is 20.9. The highest BCUT2D eigenvalue weighted by Gasteiger charge is 2.30. The van der Waals surface area contributed by atoms with E-state index in [1.807, 2.05) is 13.8 Å². The molecule has 1 aromatic rings. The molecule has 8 heteroatoms. The summed E-state index contributed by atoms with van der Waals surface area (Å²) in [6, 6.07) is 0. The first-order valence-electron chi connectivity index (χ1n) is 6.56. The first kappa shape index (κ1) is 15.0. The first-order valence-corrected chi connectivity index (χ1v) is 8.41. The molecule has 1 aliphatic heterocycles. The van der Waals surface area contributed by atoms with Gasteiger partial charge < -0.3 is 5.32 Å². The fourth-order valence-electron chi connectivity index (χ4n) is 2.42. The SMILES string of the molecule is Cc1n[nH]c(C)c1NC(=O)C1CCCN(S(C)(=O)=O)C1. The minimum atomic E-state index is -3.24. The second-order valence-electron chi connectivity index (χ2n) is 5.26. The lowest BCUT2D eigenvalue weighted by Crippen LogP contribution is -2.43. The Morgan fingerprint density at radius 3 is 2.70 bits per heavy atom. The molecule has 7 nitrogen and oxygen atoms in total. The van der Waals surface area contributed by atoms with Gasteiger partial charge in [0.25, 0.3) is 0 Å². The number of hydrogen-bond acceptors (Lipinski definition) is 4. The molecule has 1 aliphatic rings. The van der Waals surface area contributed by atoms with Gasteiger partial charge in [0.1, 0.15) is 0 Å². The summed E-state index contributed by atoms with van der Waals surface area (Å²) >= 11 is 0. The second-order valence-corrected chi connectivity index (χ2v) is 7.24. The van der Waals surface area contributed by atoms with E-state index in [2.05, 4.69) is 15.5 Å². The van der Waals surface area contributed by atoms with E-state index in [4.69, 9.17) is 0 Å². The summed E-state index contributed by atoms with van der Waals surface area (Å²) in [7, 11) is -3.24. The Bertz CT molecular complexity index is 589. The van der Waals surface area contributed by atoms with Crippen LogP contribution in [-0.4, -0.2) is 48.2 Å². The Balaban J connectivity index is 2.06. The monoisotopic (exact) mass is 300 g/mol. The van der Waals surface area contributed by atoms with Gasteiger partial charge in [0, 0.05) is 13.1 Å². The summed E-state index contributed by atoms with van der Waals surface area (Å²) in [5, 5.41) is 9.68. The molecule has 2 N–H and O–H groups in total. The molecule has 1 saturated heterocycles. The standard InChI is InChI=1S/C12H20N4O3S/c1-8-11(9(2)15-14-8)13-12(17)10-5-4-6-16(7-10)20(3,18)19/h10H,4-7H2,1-3H3,(H,13,17)(H,14,15). The van der Waals surface area contributed by atoms with Crippen molar-refractivity contribution in [1.29, 1.82) is 0 Å². The summed E-state index contributed by atoms with van der Waals surface area (Å²) in [5.74, 6) is -0.460. The Kier molecular flexibility index (Phi) is 4.14. The molecule has 1 amide bonds. The molecule has 0 aliphatic carbocycles. The van der Waals surface area contributed by atoms with Crippen molar-refractivity contribution in [2.75, 3.05) is 24.7 Å². The Hall–Kier alpha value is -1.41.